The molecule has 0 aromatic heterocycles. The second-order valence-corrected chi connectivity index (χ2v) is 9.94. The molecule has 2 aliphatic heterocycles. The molecule has 186 valence electrons. The molecule has 0 bridgehead atoms. The van der Waals surface area contributed by atoms with Crippen LogP contribution >= 0.6 is 35.1 Å². The van der Waals surface area contributed by atoms with Gasteiger partial charge in [-0.25, -0.2) is 4.40 Å². The van der Waals surface area contributed by atoms with Crippen molar-refractivity contribution in [3.8, 4) is 0 Å². The Morgan fingerprint density at radius 2 is 1.97 bits per heavy atom. The molecule has 0 spiro atoms. The summed E-state index contributed by atoms with van der Waals surface area (Å²) in [4.78, 5) is 17.9. The number of hydrogen-bond acceptors (Lipinski definition) is 6. The van der Waals surface area contributed by atoms with Crippen molar-refractivity contribution in [2.45, 2.75) is 43.8 Å². The number of alkyl halides is 3. The normalized spacial score (nSPS) is 21.9. The van der Waals surface area contributed by atoms with Gasteiger partial charge < -0.3 is 14.9 Å². The number of rotatable bonds is 5. The fraction of sp³-hybridized carbons (Fsp3) is 0.348. The summed E-state index contributed by atoms with van der Waals surface area (Å²) in [6.07, 6.45) is -5.38. The van der Waals surface area contributed by atoms with Crippen LogP contribution in [-0.4, -0.2) is 36.5 Å². The smallest absolute Gasteiger partial charge is 0.409 e. The number of nitrogens with one attached hydrogen (secondary N) is 1. The van der Waals surface area contributed by atoms with Gasteiger partial charge in [0.25, 0.3) is 5.91 Å². The van der Waals surface area contributed by atoms with Gasteiger partial charge in [-0.2, -0.15) is 13.2 Å². The van der Waals surface area contributed by atoms with Crippen molar-refractivity contribution in [1.82, 2.24) is 5.32 Å². The van der Waals surface area contributed by atoms with E-state index in [1.165, 1.54) is 18.2 Å². The van der Waals surface area contributed by atoms with Crippen molar-refractivity contribution in [1.29, 1.82) is 0 Å². The van der Waals surface area contributed by atoms with Gasteiger partial charge in [-0.1, -0.05) is 29.3 Å². The number of carbonyl (C=O) groups excluding carboxylic acids is 1. The van der Waals surface area contributed by atoms with Crippen LogP contribution in [0.1, 0.15) is 46.8 Å². The van der Waals surface area contributed by atoms with Crippen LogP contribution in [-0.2, 0) is 14.3 Å². The molecule has 0 saturated heterocycles. The number of oxime groups is 1. The van der Waals surface area contributed by atoms with Crippen molar-refractivity contribution in [2.75, 3.05) is 6.61 Å². The van der Waals surface area contributed by atoms with E-state index in [-0.39, 0.29) is 21.3 Å². The lowest BCUT2D eigenvalue weighted by Crippen LogP contribution is -2.38. The van der Waals surface area contributed by atoms with Crippen LogP contribution in [0.5, 0.6) is 0 Å². The van der Waals surface area contributed by atoms with Gasteiger partial charge in [-0.3, -0.25) is 4.79 Å². The molecule has 12 heteroatoms. The summed E-state index contributed by atoms with van der Waals surface area (Å²) in [7, 11) is 0. The molecular weight excluding hydrogens is 526 g/mol. The molecule has 2 atom stereocenters. The van der Waals surface area contributed by atoms with Crippen molar-refractivity contribution in [3.63, 3.8) is 0 Å². The number of amides is 1. The number of hydrogen-bond donors (Lipinski definition) is 1. The SMILES string of the molecule is CCOC1=NOC(NC(=O)c2ccc(C3=NS[C@](c4cc(Cl)cc(Cl)c4)(C(F)(F)F)C3)cc2C)C1. The van der Waals surface area contributed by atoms with Crippen LogP contribution in [0, 0.1) is 6.92 Å². The predicted molar refractivity (Wildman–Crippen MR) is 130 cm³/mol. The van der Waals surface area contributed by atoms with Gasteiger partial charge in [0.1, 0.15) is 0 Å². The van der Waals surface area contributed by atoms with E-state index < -0.39 is 29.5 Å². The largest absolute Gasteiger partial charge is 0.479 e. The molecule has 0 aliphatic carbocycles. The monoisotopic (exact) mass is 545 g/mol. The molecule has 2 aliphatic rings. The third kappa shape index (κ3) is 5.24. The van der Waals surface area contributed by atoms with E-state index in [0.717, 1.165) is 0 Å². The number of carbonyl (C=O) groups is 1. The highest BCUT2D eigenvalue weighted by Crippen LogP contribution is 2.57. The Morgan fingerprint density at radius 1 is 1.26 bits per heavy atom. The van der Waals surface area contributed by atoms with Gasteiger partial charge in [-0.15, -0.1) is 0 Å². The Labute approximate surface area is 214 Å². The molecule has 2 heterocycles. The average molecular weight is 546 g/mol. The average Bonchev–Trinajstić information content (AvgIpc) is 3.41. The highest BCUT2D eigenvalue weighted by Gasteiger charge is 2.60. The lowest BCUT2D eigenvalue weighted by atomic mass is 9.89. The molecule has 1 N–H and O–H groups in total. The van der Waals surface area contributed by atoms with Gasteiger partial charge >= 0.3 is 6.18 Å². The zero-order valence-corrected chi connectivity index (χ0v) is 20.9. The highest BCUT2D eigenvalue weighted by atomic mass is 35.5. The van der Waals surface area contributed by atoms with Crippen LogP contribution in [0.3, 0.4) is 0 Å². The maximum atomic E-state index is 14.3. The summed E-state index contributed by atoms with van der Waals surface area (Å²) < 4.78 is 50.0. The summed E-state index contributed by atoms with van der Waals surface area (Å²) in [5.74, 6) is 0.00342. The Kier molecular flexibility index (Phi) is 7.26. The zero-order valence-electron chi connectivity index (χ0n) is 18.6. The van der Waals surface area contributed by atoms with Crippen molar-refractivity contribution in [2.24, 2.45) is 9.55 Å². The van der Waals surface area contributed by atoms with E-state index in [2.05, 4.69) is 14.9 Å². The first-order chi connectivity index (χ1) is 16.5. The summed E-state index contributed by atoms with van der Waals surface area (Å²) in [6.45, 7) is 3.95. The number of halogens is 5. The quantitative estimate of drug-likeness (QED) is 0.439. The first-order valence-electron chi connectivity index (χ1n) is 10.6. The third-order valence-electron chi connectivity index (χ3n) is 5.56. The minimum Gasteiger partial charge on any atom is -0.479 e. The fourth-order valence-electron chi connectivity index (χ4n) is 3.85. The first-order valence-corrected chi connectivity index (χ1v) is 12.1. The van der Waals surface area contributed by atoms with Crippen LogP contribution in [0.2, 0.25) is 10.0 Å². The summed E-state index contributed by atoms with van der Waals surface area (Å²) in [6, 6.07) is 8.68. The molecule has 0 saturated carbocycles. The Hall–Kier alpha value is -2.43. The van der Waals surface area contributed by atoms with Gasteiger partial charge in [-0.05, 0) is 78.0 Å². The van der Waals surface area contributed by atoms with Crippen LogP contribution < -0.4 is 5.32 Å². The fourth-order valence-corrected chi connectivity index (χ4v) is 5.34. The minimum atomic E-state index is -4.62. The summed E-state index contributed by atoms with van der Waals surface area (Å²) in [5.41, 5.74) is 1.62. The predicted octanol–water partition coefficient (Wildman–Crippen LogP) is 6.43. The second kappa shape index (κ2) is 9.91. The molecule has 2 aromatic carbocycles. The molecule has 0 radical (unpaired) electrons. The summed E-state index contributed by atoms with van der Waals surface area (Å²) >= 11 is 12.4. The van der Waals surface area contributed by atoms with Crippen LogP contribution in [0.25, 0.3) is 0 Å². The van der Waals surface area contributed by atoms with Gasteiger partial charge in [0.2, 0.25) is 12.1 Å². The van der Waals surface area contributed by atoms with Crippen LogP contribution in [0.4, 0.5) is 13.2 Å². The first kappa shape index (κ1) is 25.7. The molecule has 1 unspecified atom stereocenters. The van der Waals surface area contributed by atoms with E-state index in [0.29, 0.717) is 47.6 Å². The van der Waals surface area contributed by atoms with E-state index in [1.807, 2.05) is 6.92 Å². The maximum Gasteiger partial charge on any atom is 0.409 e. The van der Waals surface area contributed by atoms with Gasteiger partial charge in [0, 0.05) is 22.0 Å². The molecule has 0 fully saturated rings. The minimum absolute atomic E-state index is 0.0656. The standard InChI is InChI=1S/C23H20Cl2F3N3O3S/c1-3-33-20-10-19(34-30-20)29-21(32)17-5-4-13(6-12(17)2)18-11-22(35-31-18,23(26,27)28)14-7-15(24)9-16(25)8-14/h4-9,19H,3,10-11H2,1-2H3,(H,29,32)/t19?,22-/m1/s1. The van der Waals surface area contributed by atoms with Crippen molar-refractivity contribution in [3.05, 3.63) is 68.7 Å². The van der Waals surface area contributed by atoms with E-state index in [1.54, 1.807) is 25.1 Å². The topological polar surface area (TPSA) is 72.3 Å². The number of nitrogens with zero attached hydrogens (tertiary/aromatic N) is 2. The Morgan fingerprint density at radius 3 is 2.60 bits per heavy atom. The molecule has 2 aromatic rings. The number of benzene rings is 2. The molecule has 6 nitrogen and oxygen atoms in total. The molecular formula is C23H20Cl2F3N3O3S. The number of aryl methyl sites for hydroxylation is 1. The molecule has 1 amide bonds. The lowest BCUT2D eigenvalue weighted by Gasteiger charge is -2.30. The molecule has 4 rings (SSSR count). The van der Waals surface area contributed by atoms with Gasteiger partial charge in [0.15, 0.2) is 4.75 Å². The summed E-state index contributed by atoms with van der Waals surface area (Å²) in [5, 5.41) is 6.70. The van der Waals surface area contributed by atoms with E-state index in [4.69, 9.17) is 32.8 Å². The van der Waals surface area contributed by atoms with Gasteiger partial charge in [0.05, 0.1) is 18.7 Å². The zero-order chi connectivity index (χ0) is 25.4. The van der Waals surface area contributed by atoms with E-state index in [9.17, 15) is 18.0 Å². The highest BCUT2D eigenvalue weighted by molar-refractivity contribution is 7.99. The molecule has 35 heavy (non-hydrogen) atoms. The van der Waals surface area contributed by atoms with E-state index >= 15 is 0 Å². The van der Waals surface area contributed by atoms with Crippen molar-refractivity contribution < 1.29 is 27.5 Å². The van der Waals surface area contributed by atoms with Crippen molar-refractivity contribution >= 4 is 52.7 Å². The van der Waals surface area contributed by atoms with Crippen LogP contribution in [0.15, 0.2) is 46.0 Å². The maximum absolute atomic E-state index is 14.3. The Balaban J connectivity index is 1.52. The lowest BCUT2D eigenvalue weighted by molar-refractivity contribution is -0.159. The second-order valence-electron chi connectivity index (χ2n) is 8.01. The number of ether oxygens (including phenoxy) is 1. The Bertz CT molecular complexity index is 1200. The third-order valence-corrected chi connectivity index (χ3v) is 7.24.